The molecule has 126 valence electrons. The van der Waals surface area contributed by atoms with Gasteiger partial charge in [0.25, 0.3) is 10.0 Å². The second-order valence-electron chi connectivity index (χ2n) is 6.77. The Morgan fingerprint density at radius 3 is 2.30 bits per heavy atom. The molecule has 0 fully saturated rings. The molecule has 1 aromatic carbocycles. The lowest BCUT2D eigenvalue weighted by Crippen LogP contribution is -2.17. The van der Waals surface area contributed by atoms with E-state index in [4.69, 9.17) is 0 Å². The summed E-state index contributed by atoms with van der Waals surface area (Å²) in [4.78, 5) is 0.257. The fourth-order valence-electron chi connectivity index (χ4n) is 2.34. The van der Waals surface area contributed by atoms with Crippen molar-refractivity contribution in [2.45, 2.75) is 57.9 Å². The van der Waals surface area contributed by atoms with Gasteiger partial charge in [-0.15, -0.1) is 0 Å². The smallest absolute Gasteiger partial charge is 0.263 e. The quantitative estimate of drug-likeness (QED) is 0.906. The van der Waals surface area contributed by atoms with Crippen molar-refractivity contribution in [2.24, 2.45) is 0 Å². The number of nitrogens with one attached hydrogen (secondary N) is 1. The molecule has 2 aromatic rings. The largest absolute Gasteiger partial charge is 0.264 e. The summed E-state index contributed by atoms with van der Waals surface area (Å²) < 4.78 is 29.5. The van der Waals surface area contributed by atoms with Gasteiger partial charge in [0.2, 0.25) is 0 Å². The summed E-state index contributed by atoms with van der Waals surface area (Å²) in [5.74, 6) is 0.504. The molecule has 0 aliphatic carbocycles. The Balaban J connectivity index is 2.29. The number of rotatable bonds is 5. The van der Waals surface area contributed by atoms with Gasteiger partial charge in [0.15, 0.2) is 0 Å². The van der Waals surface area contributed by atoms with Crippen LogP contribution in [-0.4, -0.2) is 18.2 Å². The summed E-state index contributed by atoms with van der Waals surface area (Å²) in [6.45, 7) is 10.8. The van der Waals surface area contributed by atoms with Crippen LogP contribution in [0.3, 0.4) is 0 Å². The lowest BCUT2D eigenvalue weighted by Gasteiger charge is -2.19. The number of hydrogen-bond donors (Lipinski definition) is 1. The SMILES string of the molecule is CCCn1nc(C)cc1NS(=O)(=O)c1ccc(C(C)(C)C)cc1. The van der Waals surface area contributed by atoms with Gasteiger partial charge in [-0.05, 0) is 36.5 Å². The number of anilines is 1. The third kappa shape index (κ3) is 4.13. The molecular weight excluding hydrogens is 310 g/mol. The molecule has 0 unspecified atom stereocenters. The Morgan fingerprint density at radius 2 is 1.78 bits per heavy atom. The summed E-state index contributed by atoms with van der Waals surface area (Å²) >= 11 is 0. The Hall–Kier alpha value is -1.82. The van der Waals surface area contributed by atoms with Gasteiger partial charge in [0.05, 0.1) is 10.6 Å². The van der Waals surface area contributed by atoms with E-state index in [9.17, 15) is 8.42 Å². The van der Waals surface area contributed by atoms with Crippen LogP contribution in [-0.2, 0) is 22.0 Å². The molecule has 0 bridgehead atoms. The summed E-state index contributed by atoms with van der Waals surface area (Å²) in [5, 5.41) is 4.31. The third-order valence-electron chi connectivity index (χ3n) is 3.61. The maximum Gasteiger partial charge on any atom is 0.263 e. The number of aryl methyl sites for hydroxylation is 2. The first-order valence-electron chi connectivity index (χ1n) is 7.81. The van der Waals surface area contributed by atoms with Gasteiger partial charge in [-0.2, -0.15) is 5.10 Å². The molecule has 2 rings (SSSR count). The highest BCUT2D eigenvalue weighted by atomic mass is 32.2. The first kappa shape index (κ1) is 17.5. The molecule has 23 heavy (non-hydrogen) atoms. The molecule has 0 radical (unpaired) electrons. The monoisotopic (exact) mass is 335 g/mol. The van der Waals surface area contributed by atoms with Crippen LogP contribution in [0.4, 0.5) is 5.82 Å². The Bertz CT molecular complexity index is 769. The van der Waals surface area contributed by atoms with Crippen molar-refractivity contribution in [1.82, 2.24) is 9.78 Å². The topological polar surface area (TPSA) is 64.0 Å². The van der Waals surface area contributed by atoms with Gasteiger partial charge in [-0.3, -0.25) is 4.72 Å². The second-order valence-corrected chi connectivity index (χ2v) is 8.46. The van der Waals surface area contributed by atoms with Crippen LogP contribution in [0.15, 0.2) is 35.2 Å². The van der Waals surface area contributed by atoms with E-state index in [-0.39, 0.29) is 10.3 Å². The number of aromatic nitrogens is 2. The van der Waals surface area contributed by atoms with E-state index in [1.807, 2.05) is 26.0 Å². The molecule has 0 aliphatic heterocycles. The minimum absolute atomic E-state index is 0.00736. The third-order valence-corrected chi connectivity index (χ3v) is 4.98. The summed E-state index contributed by atoms with van der Waals surface area (Å²) in [6.07, 6.45) is 0.885. The summed E-state index contributed by atoms with van der Waals surface area (Å²) in [5.41, 5.74) is 1.88. The van der Waals surface area contributed by atoms with E-state index in [1.165, 1.54) is 0 Å². The average molecular weight is 335 g/mol. The van der Waals surface area contributed by atoms with E-state index in [1.54, 1.807) is 22.9 Å². The molecule has 0 aliphatic rings. The Labute approximate surface area is 138 Å². The van der Waals surface area contributed by atoms with Gasteiger partial charge < -0.3 is 0 Å². The molecule has 0 atom stereocenters. The van der Waals surface area contributed by atoms with E-state index in [2.05, 4.69) is 30.6 Å². The minimum atomic E-state index is -3.61. The van der Waals surface area contributed by atoms with Crippen molar-refractivity contribution < 1.29 is 8.42 Å². The van der Waals surface area contributed by atoms with Gasteiger partial charge in [-0.1, -0.05) is 39.8 Å². The van der Waals surface area contributed by atoms with E-state index < -0.39 is 10.0 Å². The summed E-state index contributed by atoms with van der Waals surface area (Å²) in [6, 6.07) is 8.77. The van der Waals surface area contributed by atoms with Crippen molar-refractivity contribution in [3.8, 4) is 0 Å². The molecule has 0 saturated carbocycles. The molecule has 0 amide bonds. The Kier molecular flexibility index (Phi) is 4.84. The van der Waals surface area contributed by atoms with Crippen LogP contribution in [0.5, 0.6) is 0 Å². The Morgan fingerprint density at radius 1 is 1.17 bits per heavy atom. The van der Waals surface area contributed by atoms with Crippen LogP contribution in [0.2, 0.25) is 0 Å². The molecule has 1 N–H and O–H groups in total. The van der Waals surface area contributed by atoms with E-state index in [0.717, 1.165) is 17.7 Å². The lowest BCUT2D eigenvalue weighted by molar-refractivity contribution is 0.586. The zero-order chi connectivity index (χ0) is 17.3. The predicted molar refractivity (Wildman–Crippen MR) is 93.2 cm³/mol. The molecule has 1 heterocycles. The van der Waals surface area contributed by atoms with Crippen LogP contribution in [0, 0.1) is 6.92 Å². The fourth-order valence-corrected chi connectivity index (χ4v) is 3.39. The fraction of sp³-hybridized carbons (Fsp3) is 0.471. The van der Waals surface area contributed by atoms with Crippen LogP contribution in [0.25, 0.3) is 0 Å². The highest BCUT2D eigenvalue weighted by Crippen LogP contribution is 2.24. The molecule has 6 heteroatoms. The van der Waals surface area contributed by atoms with Crippen molar-refractivity contribution in [3.63, 3.8) is 0 Å². The highest BCUT2D eigenvalue weighted by Gasteiger charge is 2.19. The molecule has 1 aromatic heterocycles. The standard InChI is InChI=1S/C17H25N3O2S/c1-6-11-20-16(12-13(2)18-20)19-23(21,22)15-9-7-14(8-10-15)17(3,4)5/h7-10,12,19H,6,11H2,1-5H3. The molecule has 0 spiro atoms. The van der Waals surface area contributed by atoms with Gasteiger partial charge in [-0.25, -0.2) is 13.1 Å². The van der Waals surface area contributed by atoms with E-state index >= 15 is 0 Å². The first-order chi connectivity index (χ1) is 10.6. The predicted octanol–water partition coefficient (Wildman–Crippen LogP) is 3.70. The lowest BCUT2D eigenvalue weighted by atomic mass is 9.87. The van der Waals surface area contributed by atoms with Crippen LogP contribution < -0.4 is 4.72 Å². The van der Waals surface area contributed by atoms with Crippen LogP contribution in [0.1, 0.15) is 45.4 Å². The number of nitrogens with zero attached hydrogens (tertiary/aromatic N) is 2. The van der Waals surface area contributed by atoms with Crippen LogP contribution >= 0.6 is 0 Å². The van der Waals surface area contributed by atoms with Crippen molar-refractivity contribution in [2.75, 3.05) is 4.72 Å². The van der Waals surface area contributed by atoms with Crippen molar-refractivity contribution in [3.05, 3.63) is 41.6 Å². The normalized spacial score (nSPS) is 12.4. The first-order valence-corrected chi connectivity index (χ1v) is 9.29. The zero-order valence-electron chi connectivity index (χ0n) is 14.4. The number of sulfonamides is 1. The average Bonchev–Trinajstić information content (AvgIpc) is 2.77. The van der Waals surface area contributed by atoms with Gasteiger partial charge in [0.1, 0.15) is 5.82 Å². The molecule has 5 nitrogen and oxygen atoms in total. The van der Waals surface area contributed by atoms with E-state index in [0.29, 0.717) is 12.4 Å². The van der Waals surface area contributed by atoms with Gasteiger partial charge >= 0.3 is 0 Å². The van der Waals surface area contributed by atoms with Crippen molar-refractivity contribution in [1.29, 1.82) is 0 Å². The summed E-state index contributed by atoms with van der Waals surface area (Å²) in [7, 11) is -3.61. The maximum absolute atomic E-state index is 12.6. The number of benzene rings is 1. The molecule has 0 saturated heterocycles. The highest BCUT2D eigenvalue weighted by molar-refractivity contribution is 7.92. The second kappa shape index (κ2) is 6.35. The van der Waals surface area contributed by atoms with Crippen molar-refractivity contribution >= 4 is 15.8 Å². The minimum Gasteiger partial charge on any atom is -0.264 e. The zero-order valence-corrected chi connectivity index (χ0v) is 15.2. The maximum atomic E-state index is 12.6. The molecular formula is C17H25N3O2S. The van der Waals surface area contributed by atoms with Gasteiger partial charge in [0, 0.05) is 12.6 Å². The number of hydrogen-bond acceptors (Lipinski definition) is 3.